The van der Waals surface area contributed by atoms with Crippen molar-refractivity contribution in [3.05, 3.63) is 59.9 Å². The molecule has 0 aromatic heterocycles. The summed E-state index contributed by atoms with van der Waals surface area (Å²) in [6, 6.07) is 10.8. The van der Waals surface area contributed by atoms with Gasteiger partial charge in [-0.3, -0.25) is 11.3 Å². The zero-order valence-corrected chi connectivity index (χ0v) is 11.1. The first kappa shape index (κ1) is 13.7. The van der Waals surface area contributed by atoms with E-state index in [9.17, 15) is 4.39 Å². The van der Waals surface area contributed by atoms with Crippen LogP contribution in [0.4, 0.5) is 4.39 Å². The van der Waals surface area contributed by atoms with E-state index in [4.69, 9.17) is 5.84 Å². The molecular weight excluding hydrogens is 239 g/mol. The van der Waals surface area contributed by atoms with E-state index < -0.39 is 0 Å². The van der Waals surface area contributed by atoms with Gasteiger partial charge in [-0.25, -0.2) is 4.39 Å². The summed E-state index contributed by atoms with van der Waals surface area (Å²) < 4.78 is 13.8. The number of nitrogens with two attached hydrogens (primary N) is 1. The van der Waals surface area contributed by atoms with Gasteiger partial charge in [-0.2, -0.15) is 0 Å². The summed E-state index contributed by atoms with van der Waals surface area (Å²) in [5.74, 6) is 5.45. The molecule has 100 valence electrons. The number of rotatable bonds is 5. The molecule has 0 saturated carbocycles. The summed E-state index contributed by atoms with van der Waals surface area (Å²) in [6.45, 7) is 5.90. The molecule has 0 heterocycles. The zero-order chi connectivity index (χ0) is 13.8. The smallest absolute Gasteiger partial charge is 0.131 e. The van der Waals surface area contributed by atoms with E-state index in [1.54, 1.807) is 12.1 Å². The highest BCUT2D eigenvalue weighted by atomic mass is 19.1. The van der Waals surface area contributed by atoms with Crippen LogP contribution < -0.4 is 11.3 Å². The fraction of sp³-hybridized carbons (Fsp3) is 0.250. The largest absolute Gasteiger partial charge is 0.271 e. The maximum absolute atomic E-state index is 13.8. The Morgan fingerprint density at radius 3 is 2.58 bits per heavy atom. The quantitative estimate of drug-likeness (QED) is 0.486. The minimum absolute atomic E-state index is 0.00204. The third-order valence-corrected chi connectivity index (χ3v) is 3.34. The minimum atomic E-state index is -0.199. The fourth-order valence-electron chi connectivity index (χ4n) is 2.31. The van der Waals surface area contributed by atoms with Crippen molar-refractivity contribution in [3.63, 3.8) is 0 Å². The molecule has 0 spiro atoms. The highest BCUT2D eigenvalue weighted by Crippen LogP contribution is 2.29. The van der Waals surface area contributed by atoms with Crippen LogP contribution in [0.25, 0.3) is 10.8 Å². The Bertz CT molecular complexity index is 592. The van der Waals surface area contributed by atoms with Crippen LogP contribution >= 0.6 is 0 Å². The standard InChI is InChI=1S/C16H19FN2/c1-11(2)7-10-16(19-18)14-8-9-15(17)13-6-4-3-5-12(13)14/h3-6,8-9,16,19H,1,7,10,18H2,2H3. The van der Waals surface area contributed by atoms with Crippen LogP contribution in [-0.2, 0) is 0 Å². The van der Waals surface area contributed by atoms with E-state index in [1.165, 1.54) is 6.07 Å². The summed E-state index contributed by atoms with van der Waals surface area (Å²) in [4.78, 5) is 0. The molecule has 0 aliphatic rings. The van der Waals surface area contributed by atoms with Crippen LogP contribution in [0.5, 0.6) is 0 Å². The first-order valence-electron chi connectivity index (χ1n) is 6.41. The number of hydrogen-bond acceptors (Lipinski definition) is 2. The van der Waals surface area contributed by atoms with Gasteiger partial charge >= 0.3 is 0 Å². The van der Waals surface area contributed by atoms with Gasteiger partial charge in [-0.05, 0) is 36.8 Å². The Labute approximate surface area is 113 Å². The third-order valence-electron chi connectivity index (χ3n) is 3.34. The minimum Gasteiger partial charge on any atom is -0.271 e. The Morgan fingerprint density at radius 2 is 1.95 bits per heavy atom. The second-order valence-electron chi connectivity index (χ2n) is 4.90. The fourth-order valence-corrected chi connectivity index (χ4v) is 2.31. The average molecular weight is 258 g/mol. The normalized spacial score (nSPS) is 12.6. The van der Waals surface area contributed by atoms with Gasteiger partial charge in [-0.15, -0.1) is 6.58 Å². The Kier molecular flexibility index (Phi) is 4.30. The molecular formula is C16H19FN2. The van der Waals surface area contributed by atoms with Crippen LogP contribution in [0.3, 0.4) is 0 Å². The lowest BCUT2D eigenvalue weighted by Gasteiger charge is -2.18. The van der Waals surface area contributed by atoms with Crippen molar-refractivity contribution in [2.24, 2.45) is 5.84 Å². The van der Waals surface area contributed by atoms with Crippen LogP contribution in [0.1, 0.15) is 31.4 Å². The SMILES string of the molecule is C=C(C)CCC(NN)c1ccc(F)c2ccccc12. The van der Waals surface area contributed by atoms with Crippen molar-refractivity contribution in [1.82, 2.24) is 5.43 Å². The molecule has 3 heteroatoms. The second kappa shape index (κ2) is 5.95. The van der Waals surface area contributed by atoms with Gasteiger partial charge in [0.25, 0.3) is 0 Å². The van der Waals surface area contributed by atoms with Crippen molar-refractivity contribution < 1.29 is 4.39 Å². The molecule has 0 amide bonds. The van der Waals surface area contributed by atoms with E-state index in [-0.39, 0.29) is 11.9 Å². The molecule has 1 atom stereocenters. The van der Waals surface area contributed by atoms with Gasteiger partial charge in [0, 0.05) is 11.4 Å². The van der Waals surface area contributed by atoms with Crippen LogP contribution in [0.2, 0.25) is 0 Å². The lowest BCUT2D eigenvalue weighted by atomic mass is 9.95. The molecule has 19 heavy (non-hydrogen) atoms. The number of benzene rings is 2. The number of halogens is 1. The topological polar surface area (TPSA) is 38.0 Å². The molecule has 0 fully saturated rings. The predicted molar refractivity (Wildman–Crippen MR) is 78.0 cm³/mol. The lowest BCUT2D eigenvalue weighted by molar-refractivity contribution is 0.518. The van der Waals surface area contributed by atoms with Gasteiger partial charge in [-0.1, -0.05) is 35.9 Å². The molecule has 2 aromatic carbocycles. The van der Waals surface area contributed by atoms with E-state index in [0.717, 1.165) is 29.4 Å². The molecule has 2 aromatic rings. The molecule has 0 saturated heterocycles. The van der Waals surface area contributed by atoms with Gasteiger partial charge in [0.1, 0.15) is 5.82 Å². The zero-order valence-electron chi connectivity index (χ0n) is 11.1. The summed E-state index contributed by atoms with van der Waals surface area (Å²) in [5.41, 5.74) is 4.97. The van der Waals surface area contributed by atoms with Crippen molar-refractivity contribution in [1.29, 1.82) is 0 Å². The number of nitrogens with one attached hydrogen (secondary N) is 1. The monoisotopic (exact) mass is 258 g/mol. The van der Waals surface area contributed by atoms with Gasteiger partial charge in [0.2, 0.25) is 0 Å². The maximum Gasteiger partial charge on any atom is 0.131 e. The summed E-state index contributed by atoms with van der Waals surface area (Å²) in [6.07, 6.45) is 1.74. The molecule has 0 bridgehead atoms. The second-order valence-corrected chi connectivity index (χ2v) is 4.90. The van der Waals surface area contributed by atoms with Gasteiger partial charge < -0.3 is 0 Å². The molecule has 0 aliphatic carbocycles. The maximum atomic E-state index is 13.8. The highest BCUT2D eigenvalue weighted by Gasteiger charge is 2.14. The number of fused-ring (bicyclic) bond motifs is 1. The predicted octanol–water partition coefficient (Wildman–Crippen LogP) is 3.84. The average Bonchev–Trinajstić information content (AvgIpc) is 2.41. The molecule has 2 nitrogen and oxygen atoms in total. The summed E-state index contributed by atoms with van der Waals surface area (Å²) >= 11 is 0. The van der Waals surface area contributed by atoms with Gasteiger partial charge in [0.15, 0.2) is 0 Å². The molecule has 0 radical (unpaired) electrons. The Hall–Kier alpha value is -1.71. The van der Waals surface area contributed by atoms with Gasteiger partial charge in [0.05, 0.1) is 0 Å². The van der Waals surface area contributed by atoms with Crippen molar-refractivity contribution >= 4 is 10.8 Å². The van der Waals surface area contributed by atoms with Crippen molar-refractivity contribution in [3.8, 4) is 0 Å². The van der Waals surface area contributed by atoms with E-state index in [1.807, 2.05) is 25.1 Å². The third kappa shape index (κ3) is 3.00. The first-order chi connectivity index (χ1) is 9.13. The number of hydrogen-bond donors (Lipinski definition) is 2. The number of hydrazine groups is 1. The molecule has 2 rings (SSSR count). The summed E-state index contributed by atoms with van der Waals surface area (Å²) in [7, 11) is 0. The van der Waals surface area contributed by atoms with Crippen molar-refractivity contribution in [2.45, 2.75) is 25.8 Å². The highest BCUT2D eigenvalue weighted by molar-refractivity contribution is 5.86. The van der Waals surface area contributed by atoms with E-state index >= 15 is 0 Å². The van der Waals surface area contributed by atoms with E-state index in [0.29, 0.717) is 5.39 Å². The first-order valence-corrected chi connectivity index (χ1v) is 6.41. The lowest BCUT2D eigenvalue weighted by Crippen LogP contribution is -2.28. The Morgan fingerprint density at radius 1 is 1.26 bits per heavy atom. The molecule has 0 aliphatic heterocycles. The number of allylic oxidation sites excluding steroid dienone is 1. The van der Waals surface area contributed by atoms with Crippen LogP contribution in [-0.4, -0.2) is 0 Å². The van der Waals surface area contributed by atoms with Crippen LogP contribution in [0.15, 0.2) is 48.6 Å². The molecule has 1 unspecified atom stereocenters. The Balaban J connectivity index is 2.43. The van der Waals surface area contributed by atoms with E-state index in [2.05, 4.69) is 12.0 Å². The summed E-state index contributed by atoms with van der Waals surface area (Å²) in [5, 5.41) is 1.54. The van der Waals surface area contributed by atoms with Crippen LogP contribution in [0, 0.1) is 5.82 Å². The molecule has 3 N–H and O–H groups in total. The van der Waals surface area contributed by atoms with Crippen molar-refractivity contribution in [2.75, 3.05) is 0 Å².